The monoisotopic (exact) mass is 413 g/mol. The largest absolute Gasteiger partial charge is 0.486 e. The van der Waals surface area contributed by atoms with Gasteiger partial charge >= 0.3 is 0 Å². The zero-order valence-corrected chi connectivity index (χ0v) is 15.8. The molecule has 1 heterocycles. The lowest BCUT2D eigenvalue weighted by molar-refractivity contribution is 0.304. The highest BCUT2D eigenvalue weighted by atomic mass is 35.5. The Balaban J connectivity index is 1.69. The van der Waals surface area contributed by atoms with Crippen LogP contribution in [0.3, 0.4) is 0 Å². The van der Waals surface area contributed by atoms with E-state index in [2.05, 4.69) is 14.9 Å². The Hall–Kier alpha value is -2.23. The van der Waals surface area contributed by atoms with E-state index in [1.807, 2.05) is 0 Å². The van der Waals surface area contributed by atoms with E-state index >= 15 is 0 Å². The molecule has 0 amide bonds. The van der Waals surface area contributed by atoms with E-state index in [-0.39, 0.29) is 22.5 Å². The summed E-state index contributed by atoms with van der Waals surface area (Å²) in [7, 11) is -3.83. The highest BCUT2D eigenvalue weighted by molar-refractivity contribution is 7.93. The summed E-state index contributed by atoms with van der Waals surface area (Å²) in [5.74, 6) is 0.111. The third-order valence-corrected chi connectivity index (χ3v) is 6.21. The molecule has 0 aliphatic carbocycles. The first-order valence-electron chi connectivity index (χ1n) is 7.34. The fraction of sp³-hybridized carbons (Fsp3) is 0.125. The summed E-state index contributed by atoms with van der Waals surface area (Å²) in [5.41, 5.74) is 0.450. The van der Waals surface area contributed by atoms with E-state index in [0.717, 1.165) is 11.3 Å². The molecule has 0 bridgehead atoms. The minimum absolute atomic E-state index is 0.0734. The Morgan fingerprint density at radius 2 is 1.92 bits per heavy atom. The number of ether oxygens (including phenoxy) is 1. The first kappa shape index (κ1) is 18.6. The van der Waals surface area contributed by atoms with Gasteiger partial charge in [-0.3, -0.25) is 4.72 Å². The van der Waals surface area contributed by atoms with Crippen LogP contribution < -0.4 is 9.46 Å². The van der Waals surface area contributed by atoms with Crippen molar-refractivity contribution in [1.29, 1.82) is 0 Å². The summed E-state index contributed by atoms with van der Waals surface area (Å²) in [5, 5.41) is 8.63. The van der Waals surface area contributed by atoms with Crippen LogP contribution in [0, 0.1) is 12.7 Å². The summed E-state index contributed by atoms with van der Waals surface area (Å²) in [4.78, 5) is 0.0734. The van der Waals surface area contributed by atoms with E-state index in [4.69, 9.17) is 16.3 Å². The number of rotatable bonds is 6. The number of nitrogens with zero attached hydrogens (tertiary/aromatic N) is 2. The zero-order valence-electron chi connectivity index (χ0n) is 13.4. The average Bonchev–Trinajstić information content (AvgIpc) is 3.03. The lowest BCUT2D eigenvalue weighted by atomic mass is 10.2. The summed E-state index contributed by atoms with van der Waals surface area (Å²) < 4.78 is 45.7. The molecule has 0 aliphatic rings. The molecule has 0 unspecified atom stereocenters. The number of nitrogens with one attached hydrogen (secondary N) is 1. The summed E-state index contributed by atoms with van der Waals surface area (Å²) >= 11 is 7.02. The van der Waals surface area contributed by atoms with Crippen LogP contribution >= 0.6 is 22.9 Å². The van der Waals surface area contributed by atoms with E-state index in [1.54, 1.807) is 19.1 Å². The number of anilines is 1. The second-order valence-corrected chi connectivity index (χ2v) is 8.33. The van der Waals surface area contributed by atoms with Gasteiger partial charge in [0, 0.05) is 5.02 Å². The SMILES string of the molecule is Cc1c(Cl)cccc1S(=O)(=O)Nc1nnc(COc2ccc(F)cc2)s1. The van der Waals surface area contributed by atoms with Crippen LogP contribution in [-0.2, 0) is 16.6 Å². The molecule has 3 rings (SSSR count). The molecule has 0 radical (unpaired) electrons. The maximum atomic E-state index is 12.9. The number of sulfonamides is 1. The summed E-state index contributed by atoms with van der Waals surface area (Å²) in [6.45, 7) is 1.71. The van der Waals surface area contributed by atoms with Crippen molar-refractivity contribution in [3.05, 3.63) is 63.9 Å². The van der Waals surface area contributed by atoms with Gasteiger partial charge in [0.05, 0.1) is 4.90 Å². The standard InChI is InChI=1S/C16H13ClFN3O3S2/c1-10-13(17)3-2-4-14(10)26(22,23)21-16-20-19-15(25-16)9-24-12-7-5-11(18)6-8-12/h2-8H,9H2,1H3,(H,20,21). The highest BCUT2D eigenvalue weighted by Crippen LogP contribution is 2.26. The maximum absolute atomic E-state index is 12.9. The number of aromatic nitrogens is 2. The van der Waals surface area contributed by atoms with Crippen molar-refractivity contribution in [2.45, 2.75) is 18.4 Å². The van der Waals surface area contributed by atoms with Gasteiger partial charge in [0.1, 0.15) is 18.2 Å². The smallest absolute Gasteiger partial charge is 0.264 e. The van der Waals surface area contributed by atoms with Crippen molar-refractivity contribution in [1.82, 2.24) is 10.2 Å². The van der Waals surface area contributed by atoms with Crippen LogP contribution in [0.15, 0.2) is 47.4 Å². The molecule has 0 saturated heterocycles. The number of halogens is 2. The predicted molar refractivity (Wildman–Crippen MR) is 97.6 cm³/mol. The molecule has 0 saturated carbocycles. The van der Waals surface area contributed by atoms with Gasteiger partial charge in [-0.05, 0) is 48.9 Å². The lowest BCUT2D eigenvalue weighted by Crippen LogP contribution is -2.14. The van der Waals surface area contributed by atoms with Crippen LogP contribution in [0.4, 0.5) is 9.52 Å². The number of benzene rings is 2. The minimum atomic E-state index is -3.83. The molecule has 3 aromatic rings. The van der Waals surface area contributed by atoms with E-state index in [1.165, 1.54) is 30.3 Å². The van der Waals surface area contributed by atoms with Gasteiger partial charge in [0.25, 0.3) is 10.0 Å². The summed E-state index contributed by atoms with van der Waals surface area (Å²) in [6.07, 6.45) is 0. The van der Waals surface area contributed by atoms with E-state index in [0.29, 0.717) is 21.3 Å². The third kappa shape index (κ3) is 4.29. The van der Waals surface area contributed by atoms with Crippen molar-refractivity contribution in [2.24, 2.45) is 0 Å². The van der Waals surface area contributed by atoms with Gasteiger partial charge in [-0.25, -0.2) is 12.8 Å². The molecular formula is C16H13ClFN3O3S2. The topological polar surface area (TPSA) is 81.2 Å². The molecule has 2 aromatic carbocycles. The van der Waals surface area contributed by atoms with Crippen LogP contribution in [0.2, 0.25) is 5.02 Å². The Labute approximate surface area is 158 Å². The molecule has 0 spiro atoms. The van der Waals surface area contributed by atoms with Gasteiger partial charge in [-0.1, -0.05) is 29.0 Å². The van der Waals surface area contributed by atoms with Crippen molar-refractivity contribution < 1.29 is 17.5 Å². The molecular weight excluding hydrogens is 401 g/mol. The van der Waals surface area contributed by atoms with Gasteiger partial charge < -0.3 is 4.74 Å². The maximum Gasteiger partial charge on any atom is 0.264 e. The number of hydrogen-bond donors (Lipinski definition) is 1. The fourth-order valence-corrected chi connectivity index (χ4v) is 4.46. The van der Waals surface area contributed by atoms with E-state index in [9.17, 15) is 12.8 Å². The Kier molecular flexibility index (Phi) is 5.40. The quantitative estimate of drug-likeness (QED) is 0.660. The zero-order chi connectivity index (χ0) is 18.7. The lowest BCUT2D eigenvalue weighted by Gasteiger charge is -2.08. The molecule has 26 heavy (non-hydrogen) atoms. The first-order chi connectivity index (χ1) is 12.3. The molecule has 0 atom stereocenters. The minimum Gasteiger partial charge on any atom is -0.486 e. The Bertz CT molecular complexity index is 1020. The highest BCUT2D eigenvalue weighted by Gasteiger charge is 2.20. The van der Waals surface area contributed by atoms with E-state index < -0.39 is 10.0 Å². The van der Waals surface area contributed by atoms with Crippen LogP contribution in [-0.4, -0.2) is 18.6 Å². The normalized spacial score (nSPS) is 11.3. The molecule has 1 aromatic heterocycles. The van der Waals surface area contributed by atoms with Crippen LogP contribution in [0.5, 0.6) is 5.75 Å². The van der Waals surface area contributed by atoms with Crippen molar-refractivity contribution in [2.75, 3.05) is 4.72 Å². The number of hydrogen-bond acceptors (Lipinski definition) is 6. The summed E-state index contributed by atoms with van der Waals surface area (Å²) in [6, 6.07) is 10.2. The molecule has 1 N–H and O–H groups in total. The van der Waals surface area contributed by atoms with Gasteiger partial charge in [0.2, 0.25) is 5.13 Å². The fourth-order valence-electron chi connectivity index (χ4n) is 2.08. The third-order valence-electron chi connectivity index (χ3n) is 3.37. The Morgan fingerprint density at radius 1 is 1.19 bits per heavy atom. The molecule has 6 nitrogen and oxygen atoms in total. The average molecular weight is 414 g/mol. The second kappa shape index (κ2) is 7.56. The first-order valence-corrected chi connectivity index (χ1v) is 10.0. The van der Waals surface area contributed by atoms with Gasteiger partial charge in [-0.2, -0.15) is 0 Å². The molecule has 0 fully saturated rings. The second-order valence-electron chi connectivity index (χ2n) is 5.21. The molecule has 10 heteroatoms. The van der Waals surface area contributed by atoms with Crippen molar-refractivity contribution in [3.63, 3.8) is 0 Å². The molecule has 0 aliphatic heterocycles. The molecule has 136 valence electrons. The van der Waals surface area contributed by atoms with Crippen molar-refractivity contribution >= 4 is 38.1 Å². The van der Waals surface area contributed by atoms with Gasteiger partial charge in [0.15, 0.2) is 5.01 Å². The Morgan fingerprint density at radius 3 is 2.65 bits per heavy atom. The van der Waals surface area contributed by atoms with Gasteiger partial charge in [-0.15, -0.1) is 10.2 Å². The predicted octanol–water partition coefficient (Wildman–Crippen LogP) is 4.02. The van der Waals surface area contributed by atoms with Crippen LogP contribution in [0.1, 0.15) is 10.6 Å². The van der Waals surface area contributed by atoms with Crippen molar-refractivity contribution in [3.8, 4) is 5.75 Å². The van der Waals surface area contributed by atoms with Crippen LogP contribution in [0.25, 0.3) is 0 Å².